The number of hydrazine groups is 1. The van der Waals surface area contributed by atoms with E-state index in [-0.39, 0.29) is 24.2 Å². The van der Waals surface area contributed by atoms with Crippen LogP contribution in [0, 0.1) is 5.41 Å². The number of rotatable bonds is 11. The largest absolute Gasteiger partial charge is 0.512 e. The quantitative estimate of drug-likeness (QED) is 0.0550. The van der Waals surface area contributed by atoms with Crippen LogP contribution in [-0.4, -0.2) is 40.9 Å². The van der Waals surface area contributed by atoms with E-state index in [0.29, 0.717) is 36.6 Å². The molecule has 1 heterocycles. The summed E-state index contributed by atoms with van der Waals surface area (Å²) in [6.07, 6.45) is 16.0. The van der Waals surface area contributed by atoms with Crippen LogP contribution in [0.2, 0.25) is 0 Å². The summed E-state index contributed by atoms with van der Waals surface area (Å²) >= 11 is 0. The molecule has 1 saturated carbocycles. The first-order valence-electron chi connectivity index (χ1n) is 14.2. The Bertz CT molecular complexity index is 992. The van der Waals surface area contributed by atoms with Gasteiger partial charge in [-0.1, -0.05) is 70.3 Å². The smallest absolute Gasteiger partial charge is 0.338 e. The van der Waals surface area contributed by atoms with Crippen LogP contribution in [0.5, 0.6) is 0 Å². The molecule has 1 aliphatic heterocycles. The molecule has 8 heteroatoms. The molecule has 0 saturated heterocycles. The highest BCUT2D eigenvalue weighted by Gasteiger charge is 2.29. The van der Waals surface area contributed by atoms with Crippen molar-refractivity contribution in [2.24, 2.45) is 10.8 Å². The molecule has 0 aromatic rings. The summed E-state index contributed by atoms with van der Waals surface area (Å²) in [5.41, 5.74) is 4.24. The molecule has 0 radical (unpaired) electrons. The number of nitrogens with zero attached hydrogens (tertiary/aromatic N) is 2. The van der Waals surface area contributed by atoms with Crippen LogP contribution < -0.4 is 11.2 Å². The second kappa shape index (κ2) is 18.2. The summed E-state index contributed by atoms with van der Waals surface area (Å²) in [6, 6.07) is 0. The number of hydrogen-bond donors (Lipinski definition) is 4. The molecule has 0 unspecified atom stereocenters. The van der Waals surface area contributed by atoms with Crippen molar-refractivity contribution < 1.29 is 14.6 Å². The molecular weight excluding hydrogens is 490 g/mol. The summed E-state index contributed by atoms with van der Waals surface area (Å²) < 4.78 is 5.62. The maximum absolute atomic E-state index is 12.6. The van der Waals surface area contributed by atoms with Gasteiger partial charge in [-0.15, -0.1) is 0 Å². The van der Waals surface area contributed by atoms with E-state index in [2.05, 4.69) is 36.8 Å². The molecule has 0 aromatic carbocycles. The van der Waals surface area contributed by atoms with Gasteiger partial charge in [0.05, 0.1) is 5.57 Å². The van der Waals surface area contributed by atoms with Gasteiger partial charge in [-0.25, -0.2) is 10.6 Å². The van der Waals surface area contributed by atoms with Crippen molar-refractivity contribution in [2.45, 2.75) is 111 Å². The summed E-state index contributed by atoms with van der Waals surface area (Å²) in [4.78, 5) is 16.8. The summed E-state index contributed by atoms with van der Waals surface area (Å²) in [6.45, 7) is 13.7. The second-order valence-corrected chi connectivity index (χ2v) is 10.2. The molecular formula is C31H51N5O3. The topological polar surface area (TPSA) is 124 Å². The van der Waals surface area contributed by atoms with Crippen LogP contribution in [-0.2, 0) is 9.53 Å². The number of aliphatic imine (C=N–C) groups is 1. The first-order valence-corrected chi connectivity index (χ1v) is 14.2. The minimum atomic E-state index is -0.548. The molecule has 0 bridgehead atoms. The third kappa shape index (κ3) is 12.5. The lowest BCUT2D eigenvalue weighted by atomic mass is 9.96. The van der Waals surface area contributed by atoms with Crippen LogP contribution in [0.25, 0.3) is 0 Å². The fourth-order valence-corrected chi connectivity index (χ4v) is 4.14. The number of ether oxygens (including phenoxy) is 1. The van der Waals surface area contributed by atoms with Crippen LogP contribution in [0.4, 0.5) is 0 Å². The van der Waals surface area contributed by atoms with E-state index in [9.17, 15) is 9.90 Å². The van der Waals surface area contributed by atoms with E-state index in [0.717, 1.165) is 17.7 Å². The molecule has 1 aliphatic carbocycles. The number of nitrogens with one attached hydrogen (secondary N) is 2. The number of aliphatic hydroxyl groups excluding tert-OH is 1. The number of esters is 1. The monoisotopic (exact) mass is 541 g/mol. The zero-order chi connectivity index (χ0) is 29.4. The first kappa shape index (κ1) is 33.9. The van der Waals surface area contributed by atoms with Gasteiger partial charge in [-0.05, 0) is 58.1 Å². The number of cyclic esters (lactones) is 1. The highest BCUT2D eigenvalue weighted by molar-refractivity contribution is 5.93. The van der Waals surface area contributed by atoms with Crippen molar-refractivity contribution in [2.75, 3.05) is 7.05 Å². The van der Waals surface area contributed by atoms with Gasteiger partial charge < -0.3 is 20.6 Å². The fourth-order valence-electron chi connectivity index (χ4n) is 4.14. The lowest BCUT2D eigenvalue weighted by molar-refractivity contribution is -0.147. The number of nitrogens with two attached hydrogens (primary N) is 1. The highest BCUT2D eigenvalue weighted by atomic mass is 16.5. The molecule has 0 amide bonds. The van der Waals surface area contributed by atoms with E-state index in [1.54, 1.807) is 7.05 Å². The van der Waals surface area contributed by atoms with Gasteiger partial charge in [0.15, 0.2) is 0 Å². The number of aliphatic hydroxyl groups is 1. The van der Waals surface area contributed by atoms with Crippen molar-refractivity contribution in [1.82, 2.24) is 10.3 Å². The molecule has 0 spiro atoms. The Morgan fingerprint density at radius 2 is 1.82 bits per heavy atom. The van der Waals surface area contributed by atoms with Crippen LogP contribution >= 0.6 is 0 Å². The van der Waals surface area contributed by atoms with Gasteiger partial charge in [0.25, 0.3) is 0 Å². The molecule has 8 nitrogen and oxygen atoms in total. The zero-order valence-corrected chi connectivity index (χ0v) is 25.0. The molecule has 39 heavy (non-hydrogen) atoms. The second-order valence-electron chi connectivity index (χ2n) is 10.2. The van der Waals surface area contributed by atoms with Crippen molar-refractivity contribution in [1.29, 1.82) is 5.41 Å². The highest BCUT2D eigenvalue weighted by Crippen LogP contribution is 2.27. The van der Waals surface area contributed by atoms with E-state index in [1.807, 2.05) is 32.9 Å². The predicted octanol–water partition coefficient (Wildman–Crippen LogP) is 7.14. The third-order valence-corrected chi connectivity index (χ3v) is 6.94. The van der Waals surface area contributed by atoms with Crippen LogP contribution in [0.15, 0.2) is 63.7 Å². The molecule has 5 N–H and O–H groups in total. The van der Waals surface area contributed by atoms with Crippen molar-refractivity contribution in [3.05, 3.63) is 58.7 Å². The third-order valence-electron chi connectivity index (χ3n) is 6.94. The van der Waals surface area contributed by atoms with Crippen molar-refractivity contribution >= 4 is 17.6 Å². The molecule has 2 rings (SSSR count). The molecule has 2 aliphatic rings. The SMILES string of the molecule is C1CCCC1.C=C(CC1=C(O)C[C@@H](CCC(=C/C(=N)CC)/C=C(\C)CC)OC1=O)NC(=NC)N(N)/C(C)=C\C. The van der Waals surface area contributed by atoms with E-state index in [1.165, 1.54) is 42.7 Å². The maximum Gasteiger partial charge on any atom is 0.338 e. The molecule has 1 fully saturated rings. The number of carbonyl (C=O) groups is 1. The van der Waals surface area contributed by atoms with Gasteiger partial charge in [-0.3, -0.25) is 10.0 Å². The normalized spacial score (nSPS) is 18.8. The Labute approximate surface area is 236 Å². The minimum Gasteiger partial charge on any atom is -0.512 e. The average Bonchev–Trinajstić information content (AvgIpc) is 3.51. The Hall–Kier alpha value is -3.13. The van der Waals surface area contributed by atoms with Gasteiger partial charge in [0.1, 0.15) is 11.9 Å². The number of hydrogen-bond acceptors (Lipinski definition) is 6. The summed E-state index contributed by atoms with van der Waals surface area (Å²) in [7, 11) is 1.59. The fraction of sp³-hybridized carbons (Fsp3) is 0.581. The van der Waals surface area contributed by atoms with Crippen molar-refractivity contribution in [3.63, 3.8) is 0 Å². The van der Waals surface area contributed by atoms with E-state index < -0.39 is 12.1 Å². The predicted molar refractivity (Wildman–Crippen MR) is 162 cm³/mol. The number of allylic oxidation sites excluding steroid dienone is 7. The average molecular weight is 542 g/mol. The number of carbonyl (C=O) groups excluding carboxylic acids is 1. The number of guanidine groups is 1. The lowest BCUT2D eigenvalue weighted by Crippen LogP contribution is -2.44. The Morgan fingerprint density at radius 3 is 2.31 bits per heavy atom. The summed E-state index contributed by atoms with van der Waals surface area (Å²) in [5.74, 6) is 5.86. The molecule has 1 atom stereocenters. The zero-order valence-electron chi connectivity index (χ0n) is 25.0. The van der Waals surface area contributed by atoms with Gasteiger partial charge in [0.2, 0.25) is 5.96 Å². The first-order chi connectivity index (χ1) is 18.6. The minimum absolute atomic E-state index is 0.0144. The van der Waals surface area contributed by atoms with E-state index in [4.69, 9.17) is 16.0 Å². The lowest BCUT2D eigenvalue weighted by Gasteiger charge is -2.26. The maximum atomic E-state index is 12.6. The van der Waals surface area contributed by atoms with E-state index >= 15 is 0 Å². The van der Waals surface area contributed by atoms with Gasteiger partial charge in [0, 0.05) is 37.0 Å². The molecule has 218 valence electrons. The van der Waals surface area contributed by atoms with Crippen molar-refractivity contribution in [3.8, 4) is 0 Å². The van der Waals surface area contributed by atoms with Gasteiger partial charge >= 0.3 is 5.97 Å². The van der Waals surface area contributed by atoms with Crippen LogP contribution in [0.3, 0.4) is 0 Å². The Kier molecular flexibility index (Phi) is 15.8. The Morgan fingerprint density at radius 1 is 1.21 bits per heavy atom. The van der Waals surface area contributed by atoms with Gasteiger partial charge in [-0.2, -0.15) is 0 Å². The standard InChI is InChI=1S/C26H41N5O3.C5H10/c1-8-17(4)13-20(15-21(27)10-3)11-12-22-16-24(32)23(25(33)34-22)14-18(5)30-26(29-7)31(28)19(6)9-2;1-2-4-5-3-1/h9,13,15,22,27,32H,5,8,10-12,14,16,28H2,1-4,6-7H3,(H,29,30);1-5H2/b17-13+,19-9-,20-15-,27-21?;/t22-;/m1./s1. The van der Waals surface area contributed by atoms with Crippen LogP contribution in [0.1, 0.15) is 105 Å². The molecule has 0 aromatic heterocycles. The Balaban J connectivity index is 0.00000135. The summed E-state index contributed by atoms with van der Waals surface area (Å²) in [5, 5.41) is 23.0.